The van der Waals surface area contributed by atoms with Gasteiger partial charge in [0.15, 0.2) is 5.69 Å². The first-order valence-electron chi connectivity index (χ1n) is 6.21. The van der Waals surface area contributed by atoms with Crippen LogP contribution in [-0.4, -0.2) is 31.2 Å². The Labute approximate surface area is 113 Å². The molecule has 0 bridgehead atoms. The molecule has 5 heteroatoms. The molecule has 0 unspecified atom stereocenters. The third kappa shape index (κ3) is 3.60. The number of methoxy groups -OCH3 is 1. The molecule has 0 radical (unpaired) electrons. The average Bonchev–Trinajstić information content (AvgIpc) is 2.93. The second-order valence-corrected chi connectivity index (χ2v) is 4.11. The lowest BCUT2D eigenvalue weighted by atomic mass is 10.3. The van der Waals surface area contributed by atoms with Crippen molar-refractivity contribution in [1.82, 2.24) is 4.98 Å². The van der Waals surface area contributed by atoms with Crippen molar-refractivity contribution < 1.29 is 9.53 Å². The number of anilines is 1. The van der Waals surface area contributed by atoms with E-state index in [2.05, 4.69) is 14.6 Å². The molecular weight excluding hydrogens is 252 g/mol. The summed E-state index contributed by atoms with van der Waals surface area (Å²) in [5, 5.41) is 0.324. The van der Waals surface area contributed by atoms with E-state index in [1.54, 1.807) is 12.1 Å². The lowest BCUT2D eigenvalue weighted by Crippen LogP contribution is -2.18. The van der Waals surface area contributed by atoms with Gasteiger partial charge in [-0.15, -0.1) is 0 Å². The van der Waals surface area contributed by atoms with Crippen molar-refractivity contribution in [3.8, 4) is 0 Å². The van der Waals surface area contributed by atoms with E-state index in [1.165, 1.54) is 20.0 Å². The molecule has 0 saturated carbocycles. The summed E-state index contributed by atoms with van der Waals surface area (Å²) >= 11 is 5.88. The Balaban J connectivity index is 0.000000771. The van der Waals surface area contributed by atoms with Crippen molar-refractivity contribution >= 4 is 23.3 Å². The van der Waals surface area contributed by atoms with Crippen LogP contribution in [0.25, 0.3) is 0 Å². The summed E-state index contributed by atoms with van der Waals surface area (Å²) in [6.07, 6.45) is 2.35. The minimum absolute atomic E-state index is 0.261. The van der Waals surface area contributed by atoms with Crippen LogP contribution in [0.15, 0.2) is 12.1 Å². The Morgan fingerprint density at radius 3 is 2.50 bits per heavy atom. The number of hydrogen-bond donors (Lipinski definition) is 0. The number of pyridine rings is 1. The maximum Gasteiger partial charge on any atom is 0.356 e. The van der Waals surface area contributed by atoms with Gasteiger partial charge in [-0.25, -0.2) is 9.78 Å². The Hall–Kier alpha value is -1.29. The second-order valence-electron chi connectivity index (χ2n) is 3.72. The molecule has 1 aromatic rings. The van der Waals surface area contributed by atoms with Gasteiger partial charge in [0.05, 0.1) is 7.11 Å². The molecule has 1 saturated heterocycles. The predicted octanol–water partition coefficient (Wildman–Crippen LogP) is 3.15. The molecule has 0 amide bonds. The van der Waals surface area contributed by atoms with Gasteiger partial charge < -0.3 is 9.64 Å². The van der Waals surface area contributed by atoms with Crippen LogP contribution in [0.3, 0.4) is 0 Å². The largest absolute Gasteiger partial charge is 0.464 e. The van der Waals surface area contributed by atoms with E-state index in [-0.39, 0.29) is 5.69 Å². The van der Waals surface area contributed by atoms with Gasteiger partial charge in [-0.05, 0) is 25.0 Å². The van der Waals surface area contributed by atoms with E-state index < -0.39 is 5.97 Å². The molecule has 0 spiro atoms. The van der Waals surface area contributed by atoms with E-state index in [0.29, 0.717) is 5.15 Å². The lowest BCUT2D eigenvalue weighted by Gasteiger charge is -2.18. The standard InChI is InChI=1S/C11H13ClN2O2.C2H6/c1-16-11(15)9-6-8(7-10(12)13-9)14-4-2-3-5-14;1-2/h6-7H,2-5H2,1H3;1-2H3. The number of carbonyl (C=O) groups is 1. The van der Waals surface area contributed by atoms with Crippen LogP contribution < -0.4 is 4.90 Å². The van der Waals surface area contributed by atoms with E-state index in [4.69, 9.17) is 11.6 Å². The smallest absolute Gasteiger partial charge is 0.356 e. The van der Waals surface area contributed by atoms with Crippen LogP contribution in [0.4, 0.5) is 5.69 Å². The summed E-state index contributed by atoms with van der Waals surface area (Å²) in [5.74, 6) is -0.456. The first-order chi connectivity index (χ1) is 8.70. The van der Waals surface area contributed by atoms with Crippen LogP contribution in [0, 0.1) is 0 Å². The van der Waals surface area contributed by atoms with Crippen LogP contribution in [0.5, 0.6) is 0 Å². The van der Waals surface area contributed by atoms with Gasteiger partial charge in [0.1, 0.15) is 5.15 Å². The molecule has 2 heterocycles. The van der Waals surface area contributed by atoms with Crippen molar-refractivity contribution in [2.75, 3.05) is 25.1 Å². The summed E-state index contributed by atoms with van der Waals surface area (Å²) in [7, 11) is 1.33. The molecule has 0 N–H and O–H groups in total. The fourth-order valence-corrected chi connectivity index (χ4v) is 2.05. The number of ether oxygens (including phenoxy) is 1. The normalized spacial score (nSPS) is 13.9. The number of carbonyl (C=O) groups excluding carboxylic acids is 1. The molecule has 1 fully saturated rings. The number of hydrogen-bond acceptors (Lipinski definition) is 4. The molecule has 1 aromatic heterocycles. The van der Waals surface area contributed by atoms with Crippen molar-refractivity contribution in [1.29, 1.82) is 0 Å². The Morgan fingerprint density at radius 1 is 1.33 bits per heavy atom. The molecule has 1 aliphatic heterocycles. The highest BCUT2D eigenvalue weighted by Crippen LogP contribution is 2.23. The van der Waals surface area contributed by atoms with Gasteiger partial charge in [0.2, 0.25) is 0 Å². The summed E-state index contributed by atoms with van der Waals surface area (Å²) in [6.45, 7) is 6.00. The third-order valence-corrected chi connectivity index (χ3v) is 2.84. The van der Waals surface area contributed by atoms with Crippen molar-refractivity contribution in [2.45, 2.75) is 26.7 Å². The summed E-state index contributed by atoms with van der Waals surface area (Å²) in [5.41, 5.74) is 1.20. The van der Waals surface area contributed by atoms with Crippen molar-refractivity contribution in [3.63, 3.8) is 0 Å². The summed E-state index contributed by atoms with van der Waals surface area (Å²) in [6, 6.07) is 3.50. The molecule has 0 atom stereocenters. The molecule has 1 aliphatic rings. The van der Waals surface area contributed by atoms with Crippen LogP contribution in [0.2, 0.25) is 5.15 Å². The van der Waals surface area contributed by atoms with Gasteiger partial charge in [-0.2, -0.15) is 0 Å². The zero-order chi connectivity index (χ0) is 13.5. The lowest BCUT2D eigenvalue weighted by molar-refractivity contribution is 0.0594. The molecule has 4 nitrogen and oxygen atoms in total. The molecule has 2 rings (SSSR count). The van der Waals surface area contributed by atoms with Crippen LogP contribution >= 0.6 is 11.6 Å². The van der Waals surface area contributed by atoms with E-state index >= 15 is 0 Å². The minimum Gasteiger partial charge on any atom is -0.464 e. The van der Waals surface area contributed by atoms with Crippen molar-refractivity contribution in [2.24, 2.45) is 0 Å². The number of nitrogens with zero attached hydrogens (tertiary/aromatic N) is 2. The zero-order valence-electron chi connectivity index (χ0n) is 11.1. The van der Waals surface area contributed by atoms with Gasteiger partial charge in [-0.3, -0.25) is 0 Å². The molecule has 18 heavy (non-hydrogen) atoms. The average molecular weight is 271 g/mol. The van der Waals surface area contributed by atoms with Crippen LogP contribution in [0.1, 0.15) is 37.2 Å². The molecule has 100 valence electrons. The SMILES string of the molecule is CC.COC(=O)c1cc(N2CCCC2)cc(Cl)n1. The molecular formula is C13H19ClN2O2. The second kappa shape index (κ2) is 7.21. The quantitative estimate of drug-likeness (QED) is 0.612. The highest BCUT2D eigenvalue weighted by molar-refractivity contribution is 6.29. The molecule has 0 aliphatic carbocycles. The van der Waals surface area contributed by atoms with E-state index in [1.807, 2.05) is 13.8 Å². The first kappa shape index (κ1) is 14.8. The fraction of sp³-hybridized carbons (Fsp3) is 0.538. The Kier molecular flexibility index (Phi) is 5.92. The number of halogens is 1. The highest BCUT2D eigenvalue weighted by atomic mass is 35.5. The maximum absolute atomic E-state index is 11.4. The third-order valence-electron chi connectivity index (χ3n) is 2.64. The number of rotatable bonds is 2. The zero-order valence-corrected chi connectivity index (χ0v) is 11.8. The fourth-order valence-electron chi connectivity index (χ4n) is 1.85. The number of esters is 1. The number of aromatic nitrogens is 1. The maximum atomic E-state index is 11.4. The topological polar surface area (TPSA) is 42.4 Å². The van der Waals surface area contributed by atoms with E-state index in [0.717, 1.165) is 18.8 Å². The summed E-state index contributed by atoms with van der Waals surface area (Å²) in [4.78, 5) is 17.5. The van der Waals surface area contributed by atoms with Gasteiger partial charge >= 0.3 is 5.97 Å². The van der Waals surface area contributed by atoms with Crippen LogP contribution in [-0.2, 0) is 4.74 Å². The predicted molar refractivity (Wildman–Crippen MR) is 73.4 cm³/mol. The molecule has 0 aromatic carbocycles. The Morgan fingerprint density at radius 2 is 1.94 bits per heavy atom. The minimum atomic E-state index is -0.456. The van der Waals surface area contributed by atoms with Gasteiger partial charge in [0, 0.05) is 18.8 Å². The van der Waals surface area contributed by atoms with E-state index in [9.17, 15) is 4.79 Å². The monoisotopic (exact) mass is 270 g/mol. The first-order valence-corrected chi connectivity index (χ1v) is 6.59. The highest BCUT2D eigenvalue weighted by Gasteiger charge is 2.16. The van der Waals surface area contributed by atoms with Gasteiger partial charge in [-0.1, -0.05) is 25.4 Å². The van der Waals surface area contributed by atoms with Gasteiger partial charge in [0.25, 0.3) is 0 Å². The summed E-state index contributed by atoms with van der Waals surface area (Å²) < 4.78 is 4.63. The Bertz CT molecular complexity index is 404. The van der Waals surface area contributed by atoms with Crippen molar-refractivity contribution in [3.05, 3.63) is 23.0 Å².